The number of nitrogens with zero attached hydrogens (tertiary/aromatic N) is 1. The van der Waals surface area contributed by atoms with Crippen LogP contribution in [0.1, 0.15) is 6.42 Å². The molecule has 1 rings (SSSR count). The Morgan fingerprint density at radius 2 is 2.09 bits per heavy atom. The molecule has 1 aliphatic rings. The summed E-state index contributed by atoms with van der Waals surface area (Å²) in [5, 5.41) is 2.88. The lowest BCUT2D eigenvalue weighted by Gasteiger charge is -2.25. The first kappa shape index (κ1) is 8.80. The zero-order valence-corrected chi connectivity index (χ0v) is 6.28. The molecular formula is C6H11F3N2. The fourth-order valence-electron chi connectivity index (χ4n) is 1.18. The molecule has 0 spiro atoms. The van der Waals surface area contributed by atoms with Gasteiger partial charge in [0.05, 0.1) is 0 Å². The van der Waals surface area contributed by atoms with Crippen molar-refractivity contribution in [3.8, 4) is 0 Å². The van der Waals surface area contributed by atoms with E-state index in [0.717, 1.165) is 7.05 Å². The summed E-state index contributed by atoms with van der Waals surface area (Å²) in [5.41, 5.74) is 0. The summed E-state index contributed by atoms with van der Waals surface area (Å²) in [6.45, 7) is 1.13. The van der Waals surface area contributed by atoms with Crippen molar-refractivity contribution in [2.75, 3.05) is 20.1 Å². The second-order valence-electron chi connectivity index (χ2n) is 2.73. The Bertz CT molecular complexity index is 128. The standard InChI is InChI=1S/C6H11F3N2/c1-11(6(7,8)9)5-2-3-10-4-5/h5,10H,2-4H2,1H3. The van der Waals surface area contributed by atoms with Gasteiger partial charge in [0.15, 0.2) is 0 Å². The minimum atomic E-state index is -4.18. The maximum atomic E-state index is 12.0. The van der Waals surface area contributed by atoms with Crippen LogP contribution in [0.25, 0.3) is 0 Å². The van der Waals surface area contributed by atoms with Gasteiger partial charge in [-0.15, -0.1) is 0 Å². The first-order valence-corrected chi connectivity index (χ1v) is 3.52. The molecule has 1 saturated heterocycles. The number of alkyl halides is 3. The van der Waals surface area contributed by atoms with Gasteiger partial charge in [0.25, 0.3) is 0 Å². The molecule has 0 aromatic heterocycles. The quantitative estimate of drug-likeness (QED) is 0.582. The highest BCUT2D eigenvalue weighted by Gasteiger charge is 2.39. The van der Waals surface area contributed by atoms with Gasteiger partial charge in [-0.05, 0) is 20.0 Å². The smallest absolute Gasteiger partial charge is 0.315 e. The van der Waals surface area contributed by atoms with Gasteiger partial charge in [0, 0.05) is 12.6 Å². The molecular weight excluding hydrogens is 157 g/mol. The van der Waals surface area contributed by atoms with E-state index in [4.69, 9.17) is 0 Å². The van der Waals surface area contributed by atoms with E-state index >= 15 is 0 Å². The fraction of sp³-hybridized carbons (Fsp3) is 1.00. The Morgan fingerprint density at radius 3 is 2.45 bits per heavy atom. The van der Waals surface area contributed by atoms with Crippen molar-refractivity contribution in [1.82, 2.24) is 10.2 Å². The Balaban J connectivity index is 2.46. The summed E-state index contributed by atoms with van der Waals surface area (Å²) in [4.78, 5) is 0.465. The summed E-state index contributed by atoms with van der Waals surface area (Å²) in [5.74, 6) is 0. The minimum absolute atomic E-state index is 0.380. The molecule has 66 valence electrons. The first-order chi connectivity index (χ1) is 5.02. The molecule has 5 heteroatoms. The molecule has 0 radical (unpaired) electrons. The van der Waals surface area contributed by atoms with E-state index in [2.05, 4.69) is 5.32 Å². The Morgan fingerprint density at radius 1 is 1.45 bits per heavy atom. The maximum Gasteiger partial charge on any atom is 0.459 e. The van der Waals surface area contributed by atoms with Crippen LogP contribution in [0.5, 0.6) is 0 Å². The third-order valence-corrected chi connectivity index (χ3v) is 1.98. The highest BCUT2D eigenvalue weighted by atomic mass is 19.4. The Hall–Kier alpha value is -0.290. The third kappa shape index (κ3) is 2.07. The minimum Gasteiger partial charge on any atom is -0.315 e. The molecule has 1 aliphatic heterocycles. The highest BCUT2D eigenvalue weighted by molar-refractivity contribution is 4.79. The van der Waals surface area contributed by atoms with Crippen LogP contribution in [0.4, 0.5) is 13.2 Å². The fourth-order valence-corrected chi connectivity index (χ4v) is 1.18. The van der Waals surface area contributed by atoms with Crippen LogP contribution >= 0.6 is 0 Å². The van der Waals surface area contributed by atoms with Crippen LogP contribution in [-0.4, -0.2) is 37.4 Å². The molecule has 1 atom stereocenters. The van der Waals surface area contributed by atoms with Crippen molar-refractivity contribution in [2.45, 2.75) is 18.8 Å². The Labute approximate surface area is 63.4 Å². The zero-order chi connectivity index (χ0) is 8.48. The molecule has 0 aliphatic carbocycles. The van der Waals surface area contributed by atoms with Crippen molar-refractivity contribution in [3.63, 3.8) is 0 Å². The lowest BCUT2D eigenvalue weighted by atomic mass is 10.2. The molecule has 2 nitrogen and oxygen atoms in total. The van der Waals surface area contributed by atoms with E-state index < -0.39 is 6.30 Å². The molecule has 11 heavy (non-hydrogen) atoms. The number of halogens is 3. The number of rotatable bonds is 1. The van der Waals surface area contributed by atoms with E-state index in [-0.39, 0.29) is 6.04 Å². The van der Waals surface area contributed by atoms with E-state index in [0.29, 0.717) is 24.4 Å². The van der Waals surface area contributed by atoms with E-state index in [9.17, 15) is 13.2 Å². The third-order valence-electron chi connectivity index (χ3n) is 1.98. The van der Waals surface area contributed by atoms with Crippen LogP contribution in [0.15, 0.2) is 0 Å². The monoisotopic (exact) mass is 168 g/mol. The predicted octanol–water partition coefficient (Wildman–Crippen LogP) is 0.800. The largest absolute Gasteiger partial charge is 0.459 e. The van der Waals surface area contributed by atoms with Gasteiger partial charge in [0.2, 0.25) is 0 Å². The number of hydrogen-bond donors (Lipinski definition) is 1. The molecule has 0 amide bonds. The van der Waals surface area contributed by atoms with Crippen LogP contribution in [0, 0.1) is 0 Å². The summed E-state index contributed by atoms with van der Waals surface area (Å²) in [7, 11) is 1.09. The van der Waals surface area contributed by atoms with Crippen molar-refractivity contribution in [3.05, 3.63) is 0 Å². The van der Waals surface area contributed by atoms with Gasteiger partial charge >= 0.3 is 6.30 Å². The van der Waals surface area contributed by atoms with Gasteiger partial charge in [-0.3, -0.25) is 0 Å². The van der Waals surface area contributed by atoms with E-state index in [1.54, 1.807) is 0 Å². The van der Waals surface area contributed by atoms with Crippen LogP contribution in [-0.2, 0) is 0 Å². The molecule has 1 heterocycles. The van der Waals surface area contributed by atoms with Crippen LogP contribution < -0.4 is 5.32 Å². The summed E-state index contributed by atoms with van der Waals surface area (Å²) in [6, 6.07) is -0.380. The van der Waals surface area contributed by atoms with E-state index in [1.165, 1.54) is 0 Å². The van der Waals surface area contributed by atoms with Crippen molar-refractivity contribution >= 4 is 0 Å². The van der Waals surface area contributed by atoms with Crippen molar-refractivity contribution in [2.24, 2.45) is 0 Å². The molecule has 0 aromatic rings. The lowest BCUT2D eigenvalue weighted by Crippen LogP contribution is -2.43. The molecule has 0 bridgehead atoms. The van der Waals surface area contributed by atoms with Gasteiger partial charge in [-0.25, -0.2) is 4.90 Å². The van der Waals surface area contributed by atoms with Gasteiger partial charge in [0.1, 0.15) is 0 Å². The normalized spacial score (nSPS) is 26.5. The summed E-state index contributed by atoms with van der Waals surface area (Å²) < 4.78 is 36.0. The number of likely N-dealkylation sites (N-methyl/N-ethyl adjacent to an activating group) is 1. The molecule has 1 fully saturated rings. The average molecular weight is 168 g/mol. The second kappa shape index (κ2) is 2.98. The topological polar surface area (TPSA) is 15.3 Å². The lowest BCUT2D eigenvalue weighted by molar-refractivity contribution is -0.247. The van der Waals surface area contributed by atoms with Gasteiger partial charge in [-0.1, -0.05) is 0 Å². The SMILES string of the molecule is CN(C1CCNC1)C(F)(F)F. The molecule has 1 N–H and O–H groups in total. The van der Waals surface area contributed by atoms with Crippen molar-refractivity contribution in [1.29, 1.82) is 0 Å². The predicted molar refractivity (Wildman–Crippen MR) is 35.1 cm³/mol. The van der Waals surface area contributed by atoms with Crippen molar-refractivity contribution < 1.29 is 13.2 Å². The number of nitrogens with one attached hydrogen (secondary N) is 1. The number of hydrogen-bond acceptors (Lipinski definition) is 2. The highest BCUT2D eigenvalue weighted by Crippen LogP contribution is 2.23. The molecule has 0 aromatic carbocycles. The van der Waals surface area contributed by atoms with Crippen LogP contribution in [0.3, 0.4) is 0 Å². The molecule has 1 unspecified atom stereocenters. The van der Waals surface area contributed by atoms with Gasteiger partial charge < -0.3 is 5.32 Å². The summed E-state index contributed by atoms with van der Waals surface area (Å²) in [6.07, 6.45) is -3.60. The maximum absolute atomic E-state index is 12.0. The average Bonchev–Trinajstić information content (AvgIpc) is 2.34. The van der Waals surface area contributed by atoms with Gasteiger partial charge in [-0.2, -0.15) is 13.2 Å². The summed E-state index contributed by atoms with van der Waals surface area (Å²) >= 11 is 0. The molecule has 0 saturated carbocycles. The zero-order valence-electron chi connectivity index (χ0n) is 6.28. The van der Waals surface area contributed by atoms with E-state index in [1.807, 2.05) is 0 Å². The van der Waals surface area contributed by atoms with Crippen LogP contribution in [0.2, 0.25) is 0 Å². The second-order valence-corrected chi connectivity index (χ2v) is 2.73. The first-order valence-electron chi connectivity index (χ1n) is 3.52. The Kier molecular flexibility index (Phi) is 2.39.